The fourth-order valence-corrected chi connectivity index (χ4v) is 10.2. The third kappa shape index (κ3) is 6.89. The predicted octanol–water partition coefficient (Wildman–Crippen LogP) is 6.93. The minimum Gasteiger partial charge on any atom is -0.453 e. The molecular formula is C37H51FN4O2S. The van der Waals surface area contributed by atoms with Gasteiger partial charge in [0.15, 0.2) is 0 Å². The molecule has 1 N–H and O–H groups in total. The van der Waals surface area contributed by atoms with Crippen molar-refractivity contribution in [2.75, 3.05) is 57.8 Å². The molecule has 0 unspecified atom stereocenters. The number of methoxy groups -OCH3 is 1. The molecule has 244 valence electrons. The Balaban J connectivity index is 1.05. The summed E-state index contributed by atoms with van der Waals surface area (Å²) < 4.78 is 20.0. The highest BCUT2D eigenvalue weighted by molar-refractivity contribution is 8.00. The molecule has 1 amide bonds. The van der Waals surface area contributed by atoms with E-state index in [0.29, 0.717) is 12.0 Å². The maximum atomic E-state index is 15.0. The van der Waals surface area contributed by atoms with Crippen LogP contribution in [0.4, 0.5) is 14.9 Å². The average molecular weight is 635 g/mol. The highest BCUT2D eigenvalue weighted by Gasteiger charge is 2.53. The molecule has 0 spiro atoms. The van der Waals surface area contributed by atoms with Gasteiger partial charge in [0.1, 0.15) is 5.82 Å². The zero-order valence-corrected chi connectivity index (χ0v) is 27.8. The van der Waals surface area contributed by atoms with Gasteiger partial charge in [-0.05, 0) is 138 Å². The Hall–Kier alpha value is -2.29. The number of likely N-dealkylation sites (tertiary alicyclic amines) is 2. The molecule has 0 aromatic heterocycles. The largest absolute Gasteiger partial charge is 0.453 e. The molecule has 3 heterocycles. The van der Waals surface area contributed by atoms with Crippen LogP contribution in [-0.2, 0) is 10.2 Å². The number of nitrogens with zero attached hydrogens (tertiary/aromatic N) is 3. The van der Waals surface area contributed by atoms with Crippen molar-refractivity contribution in [3.8, 4) is 0 Å². The van der Waals surface area contributed by atoms with Crippen molar-refractivity contribution in [2.45, 2.75) is 91.9 Å². The fraction of sp³-hybridized carbons (Fsp3) is 0.649. The molecule has 0 bridgehead atoms. The summed E-state index contributed by atoms with van der Waals surface area (Å²) in [7, 11) is 1.45. The third-order valence-electron chi connectivity index (χ3n) is 11.7. The predicted molar refractivity (Wildman–Crippen MR) is 181 cm³/mol. The number of piperidine rings is 2. The first-order valence-electron chi connectivity index (χ1n) is 17.6. The third-order valence-corrected chi connectivity index (χ3v) is 13.1. The van der Waals surface area contributed by atoms with Crippen LogP contribution in [0.3, 0.4) is 0 Å². The van der Waals surface area contributed by atoms with E-state index in [2.05, 4.69) is 50.3 Å². The summed E-state index contributed by atoms with van der Waals surface area (Å²) in [6, 6.07) is 17.4. The van der Waals surface area contributed by atoms with E-state index in [0.717, 1.165) is 88.7 Å². The molecule has 45 heavy (non-hydrogen) atoms. The smallest absolute Gasteiger partial charge is 0.407 e. The minimum atomic E-state index is -0.349. The molecule has 2 aliphatic carbocycles. The molecule has 2 saturated carbocycles. The maximum absolute atomic E-state index is 15.0. The van der Waals surface area contributed by atoms with Crippen molar-refractivity contribution < 1.29 is 13.9 Å². The number of hydrogen-bond donors (Lipinski definition) is 1. The number of amides is 1. The first-order valence-corrected chi connectivity index (χ1v) is 18.5. The molecule has 2 aromatic rings. The summed E-state index contributed by atoms with van der Waals surface area (Å²) in [5, 5.41) is 4.07. The Bertz CT molecular complexity index is 1290. The van der Waals surface area contributed by atoms with Crippen LogP contribution in [0.5, 0.6) is 0 Å². The number of carbonyl (C=O) groups is 1. The number of benzene rings is 2. The fourth-order valence-electron chi connectivity index (χ4n) is 9.12. The molecule has 8 heteroatoms. The van der Waals surface area contributed by atoms with E-state index in [1.807, 2.05) is 23.9 Å². The van der Waals surface area contributed by atoms with Gasteiger partial charge >= 0.3 is 6.09 Å². The monoisotopic (exact) mass is 634 g/mol. The Kier molecular flexibility index (Phi) is 9.62. The summed E-state index contributed by atoms with van der Waals surface area (Å²) in [6.45, 7) is 7.59. The Morgan fingerprint density at radius 3 is 2.31 bits per heavy atom. The topological polar surface area (TPSA) is 48.1 Å². The van der Waals surface area contributed by atoms with Gasteiger partial charge in [-0.15, -0.1) is 11.8 Å². The van der Waals surface area contributed by atoms with Crippen LogP contribution in [0, 0.1) is 17.7 Å². The lowest BCUT2D eigenvalue weighted by Crippen LogP contribution is -2.60. The first-order chi connectivity index (χ1) is 22.0. The van der Waals surface area contributed by atoms with Crippen molar-refractivity contribution in [1.29, 1.82) is 0 Å². The second kappa shape index (κ2) is 13.8. The van der Waals surface area contributed by atoms with Gasteiger partial charge in [-0.25, -0.2) is 9.18 Å². The van der Waals surface area contributed by atoms with E-state index in [1.54, 1.807) is 6.07 Å². The van der Waals surface area contributed by atoms with Gasteiger partial charge in [0.25, 0.3) is 0 Å². The molecule has 5 fully saturated rings. The number of rotatable bonds is 10. The molecular weight excluding hydrogens is 583 g/mol. The van der Waals surface area contributed by atoms with E-state index in [-0.39, 0.29) is 29.3 Å². The highest BCUT2D eigenvalue weighted by Crippen LogP contribution is 2.52. The van der Waals surface area contributed by atoms with Gasteiger partial charge < -0.3 is 24.8 Å². The van der Waals surface area contributed by atoms with Crippen molar-refractivity contribution in [2.24, 2.45) is 11.8 Å². The molecule has 6 nitrogen and oxygen atoms in total. The number of alkyl carbamates (subject to hydrolysis) is 1. The van der Waals surface area contributed by atoms with Crippen LogP contribution in [0.15, 0.2) is 53.4 Å². The van der Waals surface area contributed by atoms with Gasteiger partial charge in [-0.1, -0.05) is 18.6 Å². The maximum Gasteiger partial charge on any atom is 0.407 e. The number of nitrogens with one attached hydrogen (secondary N) is 1. The van der Waals surface area contributed by atoms with Crippen molar-refractivity contribution in [3.05, 3.63) is 59.9 Å². The van der Waals surface area contributed by atoms with Gasteiger partial charge in [0, 0.05) is 53.0 Å². The number of carbonyl (C=O) groups excluding carboxylic acids is 1. The second-order valence-corrected chi connectivity index (χ2v) is 15.7. The molecule has 0 radical (unpaired) electrons. The summed E-state index contributed by atoms with van der Waals surface area (Å²) >= 11 is 2.03. The van der Waals surface area contributed by atoms with Crippen LogP contribution in [-0.4, -0.2) is 86.1 Å². The van der Waals surface area contributed by atoms with E-state index in [1.165, 1.54) is 49.8 Å². The van der Waals surface area contributed by atoms with Crippen LogP contribution in [0.25, 0.3) is 0 Å². The zero-order valence-electron chi connectivity index (χ0n) is 27.0. The molecule has 5 aliphatic rings. The van der Waals surface area contributed by atoms with E-state index in [4.69, 9.17) is 4.74 Å². The Morgan fingerprint density at radius 1 is 0.911 bits per heavy atom. The molecule has 7 rings (SSSR count). The molecule has 2 aromatic carbocycles. The van der Waals surface area contributed by atoms with Crippen LogP contribution < -0.4 is 10.2 Å². The number of hydrogen-bond acceptors (Lipinski definition) is 6. The second-order valence-electron chi connectivity index (χ2n) is 14.3. The number of halogens is 1. The normalized spacial score (nSPS) is 26.8. The lowest BCUT2D eigenvalue weighted by molar-refractivity contribution is 0.0151. The zero-order chi connectivity index (χ0) is 30.8. The van der Waals surface area contributed by atoms with Gasteiger partial charge in [0.2, 0.25) is 0 Å². The van der Waals surface area contributed by atoms with Crippen LogP contribution >= 0.6 is 11.8 Å². The SMILES string of the molecule is COC(=O)N[C@H]1CCC[C@@H]1[C@](CN1CCC1)(c1cccc(F)c1)C1CCN(C2CCN(c3ccc(SC4CC4)cc3)CC2)CC1. The quantitative estimate of drug-likeness (QED) is 0.306. The highest BCUT2D eigenvalue weighted by atomic mass is 32.2. The van der Waals surface area contributed by atoms with Crippen molar-refractivity contribution in [1.82, 2.24) is 15.1 Å². The van der Waals surface area contributed by atoms with Gasteiger partial charge in [0.05, 0.1) is 7.11 Å². The Labute approximate surface area is 273 Å². The van der Waals surface area contributed by atoms with E-state index in [9.17, 15) is 9.18 Å². The molecule has 3 saturated heterocycles. The van der Waals surface area contributed by atoms with E-state index >= 15 is 0 Å². The molecule has 3 aliphatic heterocycles. The molecule has 3 atom stereocenters. The van der Waals surface area contributed by atoms with Crippen molar-refractivity contribution >= 4 is 23.5 Å². The lowest BCUT2D eigenvalue weighted by atomic mass is 9.57. The van der Waals surface area contributed by atoms with Crippen LogP contribution in [0.2, 0.25) is 0 Å². The summed E-state index contributed by atoms with van der Waals surface area (Å²) in [6.07, 6.45) is 11.4. The lowest BCUT2D eigenvalue weighted by Gasteiger charge is -2.54. The van der Waals surface area contributed by atoms with E-state index < -0.39 is 0 Å². The summed E-state index contributed by atoms with van der Waals surface area (Å²) in [5.74, 6) is 0.539. The summed E-state index contributed by atoms with van der Waals surface area (Å²) in [4.78, 5) is 21.8. The first kappa shape index (κ1) is 31.3. The van der Waals surface area contributed by atoms with Crippen molar-refractivity contribution in [3.63, 3.8) is 0 Å². The van der Waals surface area contributed by atoms with Crippen LogP contribution in [0.1, 0.15) is 69.8 Å². The number of ether oxygens (including phenoxy) is 1. The number of thioether (sulfide) groups is 1. The van der Waals surface area contributed by atoms with Gasteiger partial charge in [-0.3, -0.25) is 0 Å². The standard InChI is InChI=1S/C37H51FN4O2S/c1-44-36(43)39-35-8-3-7-34(35)37(26-40-19-4-20-40,28-5-2-6-29(38)25-28)27-15-21-41(22-16-27)31-17-23-42(24-18-31)30-9-11-32(12-10-30)45-33-13-14-33/h2,5-6,9-12,25,27,31,33-35H,3-4,7-8,13-24,26H2,1H3,(H,39,43)/t34-,35-,37-/m0/s1. The number of anilines is 1. The summed E-state index contributed by atoms with van der Waals surface area (Å²) in [5.41, 5.74) is 2.29. The van der Waals surface area contributed by atoms with Gasteiger partial charge in [-0.2, -0.15) is 0 Å². The average Bonchev–Trinajstić information content (AvgIpc) is 3.76. The minimum absolute atomic E-state index is 0.0470. The Morgan fingerprint density at radius 2 is 1.67 bits per heavy atom.